The van der Waals surface area contributed by atoms with Crippen molar-refractivity contribution in [2.75, 3.05) is 19.9 Å². The van der Waals surface area contributed by atoms with Crippen molar-refractivity contribution in [3.63, 3.8) is 0 Å². The van der Waals surface area contributed by atoms with Gasteiger partial charge in [0.05, 0.1) is 11.7 Å². The summed E-state index contributed by atoms with van der Waals surface area (Å²) in [7, 11) is -10.2. The van der Waals surface area contributed by atoms with Gasteiger partial charge in [-0.05, 0) is 29.6 Å². The van der Waals surface area contributed by atoms with E-state index in [2.05, 4.69) is 14.3 Å². The third-order valence-corrected chi connectivity index (χ3v) is 5.45. The number of β-amino-alcohol motifs (C(OH)–C–C–N with tert-alkyl or cyclic N) is 1. The first-order valence-corrected chi connectivity index (χ1v) is 10.6. The first-order valence-electron chi connectivity index (χ1n) is 8.65. The molecule has 0 aliphatic carbocycles. The van der Waals surface area contributed by atoms with E-state index in [0.717, 1.165) is 5.01 Å². The highest BCUT2D eigenvalue weighted by Crippen LogP contribution is 3.02. The van der Waals surface area contributed by atoms with Crippen LogP contribution in [0.2, 0.25) is 0 Å². The Labute approximate surface area is 179 Å². The summed E-state index contributed by atoms with van der Waals surface area (Å²) in [4.78, 5) is 14.2. The van der Waals surface area contributed by atoms with Gasteiger partial charge in [0.25, 0.3) is 0 Å². The Balaban J connectivity index is 1.75. The molecule has 9 nitrogen and oxygen atoms in total. The van der Waals surface area contributed by atoms with Gasteiger partial charge < -0.3 is 14.6 Å². The molecule has 0 amide bonds. The number of aliphatic hydroxyl groups is 1. The van der Waals surface area contributed by atoms with Crippen LogP contribution in [0, 0.1) is 0 Å². The van der Waals surface area contributed by atoms with Gasteiger partial charge in [-0.2, -0.15) is 18.2 Å². The molecule has 188 valence electrons. The average molecular weight is 517 g/mol. The number of nitrogens with one attached hydrogen (secondary N) is 1. The standard InChI is InChI=1S/C15H15F8N3O6S/c16-15(17,18)13-11(14(28)30-7-31-24-26(29)25-5-9(27)6-25)4-8-3-10(1-2-12(8)32-13)33(19,20,21,22)23/h1-4,9,13,24,27,29H,5-7H2/t13-/m0/s1. The summed E-state index contributed by atoms with van der Waals surface area (Å²) in [5.41, 5.74) is -0.383. The normalized spacial score (nSPS) is 21.9. The van der Waals surface area contributed by atoms with E-state index in [1.165, 1.54) is 0 Å². The predicted octanol–water partition coefficient (Wildman–Crippen LogP) is 3.27. The summed E-state index contributed by atoms with van der Waals surface area (Å²) in [6.07, 6.45) is -8.60. The number of aliphatic hydroxyl groups excluding tert-OH is 1. The van der Waals surface area contributed by atoms with Gasteiger partial charge in [-0.25, -0.2) is 9.63 Å². The van der Waals surface area contributed by atoms with Gasteiger partial charge in [0, 0.05) is 18.7 Å². The van der Waals surface area contributed by atoms with E-state index < -0.39 is 63.2 Å². The number of hydrogen-bond acceptors (Lipinski definition) is 9. The largest absolute Gasteiger partial charge is 0.475 e. The Bertz CT molecular complexity index is 968. The third-order valence-electron chi connectivity index (χ3n) is 4.30. The molecule has 2 aliphatic heterocycles. The van der Waals surface area contributed by atoms with Crippen molar-refractivity contribution in [1.82, 2.24) is 15.9 Å². The fourth-order valence-electron chi connectivity index (χ4n) is 2.73. The van der Waals surface area contributed by atoms with Crippen LogP contribution in [0.1, 0.15) is 5.56 Å². The third kappa shape index (κ3) is 6.02. The van der Waals surface area contributed by atoms with Gasteiger partial charge in [0.15, 0.2) is 0 Å². The smallest absolute Gasteiger partial charge is 0.430 e. The molecule has 1 fully saturated rings. The number of alkyl halides is 3. The zero-order valence-corrected chi connectivity index (χ0v) is 16.8. The lowest BCUT2D eigenvalue weighted by Gasteiger charge is -2.41. The Hall–Kier alpha value is -2.22. The number of nitrogens with zero attached hydrogens (tertiary/aromatic N) is 2. The number of fused-ring (bicyclic) bond motifs is 1. The fraction of sp³-hybridized carbons (Fsp3) is 0.400. The van der Waals surface area contributed by atoms with E-state index in [-0.39, 0.29) is 36.6 Å². The lowest BCUT2D eigenvalue weighted by molar-refractivity contribution is -0.377. The minimum absolute atomic E-state index is 0.0184. The van der Waals surface area contributed by atoms with E-state index in [1.54, 1.807) is 5.59 Å². The maximum absolute atomic E-state index is 13.3. The molecule has 18 heteroatoms. The van der Waals surface area contributed by atoms with Gasteiger partial charge in [-0.15, -0.1) is 0 Å². The quantitative estimate of drug-likeness (QED) is 0.165. The molecule has 3 N–H and O–H groups in total. The number of carbonyl (C=O) groups excluding carboxylic acids is 1. The Morgan fingerprint density at radius 1 is 1.24 bits per heavy atom. The number of esters is 1. The highest BCUT2D eigenvalue weighted by molar-refractivity contribution is 8.45. The van der Waals surface area contributed by atoms with Crippen LogP contribution in [-0.2, 0) is 14.4 Å². The molecule has 0 aromatic heterocycles. The Kier molecular flexibility index (Phi) is 5.89. The maximum Gasteiger partial charge on any atom is 0.430 e. The summed E-state index contributed by atoms with van der Waals surface area (Å²) in [6.45, 7) is -1.05. The summed E-state index contributed by atoms with van der Waals surface area (Å²) in [5, 5.41) is 19.9. The molecule has 1 atom stereocenters. The highest BCUT2D eigenvalue weighted by atomic mass is 32.5. The van der Waals surface area contributed by atoms with Crippen molar-refractivity contribution >= 4 is 22.3 Å². The van der Waals surface area contributed by atoms with Crippen LogP contribution in [0.25, 0.3) is 6.08 Å². The molecule has 2 aliphatic rings. The van der Waals surface area contributed by atoms with E-state index in [4.69, 9.17) is 5.11 Å². The summed E-state index contributed by atoms with van der Waals surface area (Å²) in [5.74, 6) is -2.56. The first-order chi connectivity index (χ1) is 14.8. The second-order valence-corrected chi connectivity index (χ2v) is 9.32. The zero-order chi connectivity index (χ0) is 24.9. The number of hydrogen-bond donors (Lipinski definition) is 3. The molecule has 2 heterocycles. The first kappa shape index (κ1) is 25.4. The number of rotatable bonds is 7. The molecule has 0 radical (unpaired) electrons. The van der Waals surface area contributed by atoms with Crippen molar-refractivity contribution in [3.8, 4) is 5.75 Å². The second-order valence-electron chi connectivity index (χ2n) is 6.91. The average Bonchev–Trinajstić information content (AvgIpc) is 2.64. The summed E-state index contributed by atoms with van der Waals surface area (Å²) >= 11 is 0. The van der Waals surface area contributed by atoms with Crippen LogP contribution in [0.4, 0.5) is 32.6 Å². The lowest BCUT2D eigenvalue weighted by Crippen LogP contribution is -2.61. The van der Waals surface area contributed by atoms with E-state index in [9.17, 15) is 42.6 Å². The van der Waals surface area contributed by atoms with Crippen LogP contribution in [0.15, 0.2) is 28.7 Å². The number of benzene rings is 1. The van der Waals surface area contributed by atoms with Gasteiger partial charge in [-0.3, -0.25) is 5.21 Å². The number of carbonyl (C=O) groups is 1. The SMILES string of the molecule is O=C(OCONN(O)N1CC(O)C1)C1=Cc2cc(S(F)(F)(F)(F)F)ccc2O[C@@H]1C(F)(F)F. The molecular weight excluding hydrogens is 502 g/mol. The van der Waals surface area contributed by atoms with E-state index >= 15 is 0 Å². The van der Waals surface area contributed by atoms with Gasteiger partial charge in [-0.1, -0.05) is 25.0 Å². The van der Waals surface area contributed by atoms with Crippen LogP contribution >= 0.6 is 10.2 Å². The van der Waals surface area contributed by atoms with Crippen LogP contribution in [-0.4, -0.2) is 64.8 Å². The molecular formula is C15H15F8N3O6S. The molecule has 0 bridgehead atoms. The monoisotopic (exact) mass is 517 g/mol. The Morgan fingerprint density at radius 3 is 2.42 bits per heavy atom. The molecule has 3 rings (SSSR count). The number of ether oxygens (including phenoxy) is 2. The summed E-state index contributed by atoms with van der Waals surface area (Å²) in [6, 6.07) is 0.0255. The van der Waals surface area contributed by atoms with Gasteiger partial charge in [0.2, 0.25) is 12.9 Å². The van der Waals surface area contributed by atoms with Crippen molar-refractivity contribution in [2.45, 2.75) is 23.3 Å². The van der Waals surface area contributed by atoms with Gasteiger partial charge >= 0.3 is 22.4 Å². The van der Waals surface area contributed by atoms with Gasteiger partial charge in [0.1, 0.15) is 10.6 Å². The predicted molar refractivity (Wildman–Crippen MR) is 92.7 cm³/mol. The van der Waals surface area contributed by atoms with Crippen molar-refractivity contribution in [3.05, 3.63) is 29.3 Å². The summed E-state index contributed by atoms with van der Waals surface area (Å²) < 4.78 is 114. The maximum atomic E-state index is 13.3. The molecule has 1 aromatic rings. The topological polar surface area (TPSA) is 104 Å². The van der Waals surface area contributed by atoms with E-state index in [1.807, 2.05) is 0 Å². The Morgan fingerprint density at radius 2 is 1.88 bits per heavy atom. The minimum atomic E-state index is -10.2. The van der Waals surface area contributed by atoms with Crippen LogP contribution in [0.5, 0.6) is 5.75 Å². The fourth-order valence-corrected chi connectivity index (χ4v) is 3.40. The molecule has 1 saturated heterocycles. The molecule has 0 unspecified atom stereocenters. The number of halogens is 8. The zero-order valence-electron chi connectivity index (χ0n) is 15.9. The van der Waals surface area contributed by atoms with Crippen molar-refractivity contribution < 1.29 is 62.0 Å². The second kappa shape index (κ2) is 7.65. The highest BCUT2D eigenvalue weighted by Gasteiger charge is 2.65. The van der Waals surface area contributed by atoms with Crippen LogP contribution in [0.3, 0.4) is 0 Å². The molecule has 0 saturated carbocycles. The molecule has 33 heavy (non-hydrogen) atoms. The number of hydrazine groups is 2. The van der Waals surface area contributed by atoms with Crippen molar-refractivity contribution in [1.29, 1.82) is 0 Å². The molecule has 0 spiro atoms. The molecule has 1 aromatic carbocycles. The lowest BCUT2D eigenvalue weighted by atomic mass is 10.0. The minimum Gasteiger partial charge on any atom is -0.475 e. The van der Waals surface area contributed by atoms with E-state index in [0.29, 0.717) is 6.08 Å². The van der Waals surface area contributed by atoms with Crippen molar-refractivity contribution in [2.24, 2.45) is 0 Å². The van der Waals surface area contributed by atoms with Crippen LogP contribution < -0.4 is 10.3 Å².